The Morgan fingerprint density at radius 2 is 1.89 bits per heavy atom. The molecule has 196 valence electrons. The molecule has 7 nitrogen and oxygen atoms in total. The van der Waals surface area contributed by atoms with Crippen LogP contribution in [-0.4, -0.2) is 34.5 Å². The van der Waals surface area contributed by atoms with E-state index in [0.717, 1.165) is 12.1 Å². The number of benzene rings is 2. The number of nitrogens with one attached hydrogen (secondary N) is 1. The number of oxazole rings is 1. The van der Waals surface area contributed by atoms with Gasteiger partial charge in [0.2, 0.25) is 10.0 Å². The Labute approximate surface area is 213 Å². The van der Waals surface area contributed by atoms with Crippen molar-refractivity contribution in [3.05, 3.63) is 106 Å². The summed E-state index contributed by atoms with van der Waals surface area (Å²) in [7, 11) is -3.84. The number of hydrogen-bond acceptors (Lipinski definition) is 5. The summed E-state index contributed by atoms with van der Waals surface area (Å²) in [6.45, 7) is 5.04. The van der Waals surface area contributed by atoms with Crippen LogP contribution in [0, 0.1) is 11.6 Å². The molecule has 0 spiro atoms. The molecule has 37 heavy (non-hydrogen) atoms. The molecular weight excluding hydrogens is 502 g/mol. The number of aliphatic hydroxyl groups is 1. The number of nitrogens with zero attached hydrogens (tertiary/aromatic N) is 1. The lowest BCUT2D eigenvalue weighted by Crippen LogP contribution is -2.54. The monoisotopic (exact) mass is 530 g/mol. The highest BCUT2D eigenvalue weighted by Crippen LogP contribution is 2.55. The molecule has 2 fully saturated rings. The van der Waals surface area contributed by atoms with E-state index in [-0.39, 0.29) is 42.3 Å². The highest BCUT2D eigenvalue weighted by atomic mass is 32.2. The smallest absolute Gasteiger partial charge is 0.412 e. The molecule has 1 aromatic heterocycles. The number of aromatic nitrogens is 1. The van der Waals surface area contributed by atoms with Gasteiger partial charge in [0.25, 0.3) is 0 Å². The Hall–Kier alpha value is -3.08. The second-order valence-electron chi connectivity index (χ2n) is 10.1. The maximum atomic E-state index is 15.6. The Morgan fingerprint density at radius 3 is 2.51 bits per heavy atom. The normalized spacial score (nSPS) is 29.5. The Kier molecular flexibility index (Phi) is 6.24. The summed E-state index contributed by atoms with van der Waals surface area (Å²) in [4.78, 5) is 14.0. The van der Waals surface area contributed by atoms with Gasteiger partial charge < -0.3 is 9.52 Å². The largest absolute Gasteiger partial charge is 0.416 e. The van der Waals surface area contributed by atoms with E-state index < -0.39 is 43.7 Å². The van der Waals surface area contributed by atoms with Gasteiger partial charge >= 0.3 is 5.76 Å². The minimum atomic E-state index is -3.84. The first-order valence-corrected chi connectivity index (χ1v) is 13.6. The van der Waals surface area contributed by atoms with Crippen molar-refractivity contribution in [2.75, 3.05) is 0 Å². The van der Waals surface area contributed by atoms with Gasteiger partial charge in [-0.15, -0.1) is 6.58 Å². The summed E-state index contributed by atoms with van der Waals surface area (Å²) in [6.07, 6.45) is 3.51. The SMILES string of the molecule is C=CC1(O)CC(c2c[nH]c(=O)o2)(c2cc(F)c(CN3[C@@H](C)CC[C@H](c4ccccc4)S3(=O)=O)cc2F)C1. The van der Waals surface area contributed by atoms with Crippen LogP contribution in [0.3, 0.4) is 0 Å². The van der Waals surface area contributed by atoms with E-state index in [0.29, 0.717) is 18.4 Å². The maximum absolute atomic E-state index is 15.6. The van der Waals surface area contributed by atoms with E-state index in [1.54, 1.807) is 31.2 Å². The Balaban J connectivity index is 1.50. The van der Waals surface area contributed by atoms with E-state index in [1.807, 2.05) is 6.07 Å². The van der Waals surface area contributed by atoms with Gasteiger partial charge in [0.15, 0.2) is 0 Å². The lowest BCUT2D eigenvalue weighted by atomic mass is 9.55. The van der Waals surface area contributed by atoms with Crippen molar-refractivity contribution in [3.8, 4) is 0 Å². The summed E-state index contributed by atoms with van der Waals surface area (Å²) >= 11 is 0. The lowest BCUT2D eigenvalue weighted by molar-refractivity contribution is -0.0436. The minimum Gasteiger partial charge on any atom is -0.412 e. The van der Waals surface area contributed by atoms with Crippen LogP contribution >= 0.6 is 0 Å². The molecule has 1 saturated carbocycles. The highest BCUT2D eigenvalue weighted by Gasteiger charge is 2.57. The van der Waals surface area contributed by atoms with Crippen molar-refractivity contribution in [1.29, 1.82) is 0 Å². The van der Waals surface area contributed by atoms with Gasteiger partial charge in [0.05, 0.1) is 11.0 Å². The molecule has 2 atom stereocenters. The standard InChI is InChI=1S/C27H28F2N2O5S/c1-3-26(33)15-27(16-26,24-13-30-25(32)36-24)20-12-21(28)19(11-22(20)29)14-31-17(2)9-10-23(37(31,34)35)18-7-5-4-6-8-18/h3-8,11-13,17,23,33H,1,9-10,14-16H2,2H3,(H,30,32)/t17-,23+,26?,27?/m0/s1. The van der Waals surface area contributed by atoms with Gasteiger partial charge in [-0.3, -0.25) is 4.98 Å². The third-order valence-corrected chi connectivity index (χ3v) is 10.1. The summed E-state index contributed by atoms with van der Waals surface area (Å²) < 4.78 is 64.6. The van der Waals surface area contributed by atoms with Gasteiger partial charge in [-0.1, -0.05) is 36.4 Å². The predicted octanol–water partition coefficient (Wildman–Crippen LogP) is 4.30. The third kappa shape index (κ3) is 4.26. The molecular formula is C27H28F2N2O5S. The van der Waals surface area contributed by atoms with Crippen LogP contribution in [0.15, 0.2) is 70.5 Å². The van der Waals surface area contributed by atoms with Crippen LogP contribution in [0.4, 0.5) is 8.78 Å². The summed E-state index contributed by atoms with van der Waals surface area (Å²) in [5.74, 6) is -2.24. The fourth-order valence-corrected chi connectivity index (χ4v) is 7.94. The van der Waals surface area contributed by atoms with E-state index in [1.165, 1.54) is 16.6 Å². The maximum Gasteiger partial charge on any atom is 0.416 e. The van der Waals surface area contributed by atoms with Crippen molar-refractivity contribution in [2.45, 2.75) is 61.5 Å². The van der Waals surface area contributed by atoms with Crippen LogP contribution in [0.5, 0.6) is 0 Å². The van der Waals surface area contributed by atoms with Crippen LogP contribution < -0.4 is 5.76 Å². The zero-order valence-corrected chi connectivity index (χ0v) is 21.1. The van der Waals surface area contributed by atoms with E-state index >= 15 is 8.78 Å². The molecule has 5 rings (SSSR count). The first kappa shape index (κ1) is 25.6. The second kappa shape index (κ2) is 9.04. The summed E-state index contributed by atoms with van der Waals surface area (Å²) in [5, 5.41) is 9.82. The zero-order chi connectivity index (χ0) is 26.6. The molecule has 0 amide bonds. The number of halogens is 2. The highest BCUT2D eigenvalue weighted by molar-refractivity contribution is 7.89. The quantitative estimate of drug-likeness (QED) is 0.463. The lowest BCUT2D eigenvalue weighted by Gasteiger charge is -2.51. The molecule has 1 aliphatic carbocycles. The van der Waals surface area contributed by atoms with Crippen molar-refractivity contribution in [3.63, 3.8) is 0 Å². The van der Waals surface area contributed by atoms with Gasteiger partial charge in [0.1, 0.15) is 22.6 Å². The number of sulfonamides is 1. The Bertz CT molecular complexity index is 1490. The fourth-order valence-electron chi connectivity index (χ4n) is 5.75. The molecule has 0 bridgehead atoms. The Morgan fingerprint density at radius 1 is 1.19 bits per heavy atom. The molecule has 1 aliphatic heterocycles. The van der Waals surface area contributed by atoms with E-state index in [9.17, 15) is 18.3 Å². The molecule has 10 heteroatoms. The second-order valence-corrected chi connectivity index (χ2v) is 12.2. The van der Waals surface area contributed by atoms with Gasteiger partial charge in [0, 0.05) is 29.9 Å². The molecule has 1 saturated heterocycles. The number of rotatable bonds is 6. The molecule has 0 radical (unpaired) electrons. The van der Waals surface area contributed by atoms with Gasteiger partial charge in [-0.25, -0.2) is 22.0 Å². The summed E-state index contributed by atoms with van der Waals surface area (Å²) in [5.41, 5.74) is -2.14. The number of aromatic amines is 1. The molecule has 2 aromatic carbocycles. The van der Waals surface area contributed by atoms with Crippen molar-refractivity contribution in [1.82, 2.24) is 9.29 Å². The first-order chi connectivity index (χ1) is 17.5. The summed E-state index contributed by atoms with van der Waals surface area (Å²) in [6, 6.07) is 10.5. The van der Waals surface area contributed by atoms with Crippen LogP contribution in [-0.2, 0) is 22.0 Å². The molecule has 2 aliphatic rings. The van der Waals surface area contributed by atoms with Crippen molar-refractivity contribution in [2.24, 2.45) is 0 Å². The molecule has 3 aromatic rings. The first-order valence-electron chi connectivity index (χ1n) is 12.1. The fraction of sp³-hybridized carbons (Fsp3) is 0.370. The van der Waals surface area contributed by atoms with Crippen LogP contribution in [0.25, 0.3) is 0 Å². The van der Waals surface area contributed by atoms with E-state index in [2.05, 4.69) is 11.6 Å². The van der Waals surface area contributed by atoms with Crippen LogP contribution in [0.2, 0.25) is 0 Å². The average Bonchev–Trinajstić information content (AvgIpc) is 3.28. The van der Waals surface area contributed by atoms with Crippen LogP contribution in [0.1, 0.15) is 60.3 Å². The number of H-pyrrole nitrogens is 1. The molecule has 2 heterocycles. The predicted molar refractivity (Wildman–Crippen MR) is 133 cm³/mol. The average molecular weight is 531 g/mol. The van der Waals surface area contributed by atoms with Gasteiger partial charge in [-0.05, 0) is 50.3 Å². The van der Waals surface area contributed by atoms with E-state index in [4.69, 9.17) is 4.42 Å². The van der Waals surface area contributed by atoms with Crippen molar-refractivity contribution < 1.29 is 26.7 Å². The van der Waals surface area contributed by atoms with Gasteiger partial charge in [-0.2, -0.15) is 4.31 Å². The molecule has 2 N–H and O–H groups in total. The molecule has 0 unspecified atom stereocenters. The zero-order valence-electron chi connectivity index (χ0n) is 20.3. The van der Waals surface area contributed by atoms with Crippen molar-refractivity contribution >= 4 is 10.0 Å². The minimum absolute atomic E-state index is 0.0592. The number of hydrogen-bond donors (Lipinski definition) is 2. The third-order valence-electron chi connectivity index (χ3n) is 7.77. The topological polar surface area (TPSA) is 104 Å².